The average molecular weight is 283 g/mol. The van der Waals surface area contributed by atoms with Gasteiger partial charge in [-0.15, -0.1) is 0 Å². The van der Waals surface area contributed by atoms with E-state index in [1.54, 1.807) is 0 Å². The topological polar surface area (TPSA) is 16.1 Å². The Balaban J connectivity index is 2.10. The summed E-state index contributed by atoms with van der Waals surface area (Å²) in [6, 6.07) is 4.82. The molecule has 2 rings (SSSR count). The predicted molar refractivity (Wildman–Crippen MR) is 70.3 cm³/mol. The second-order valence-corrected chi connectivity index (χ2v) is 5.77. The Morgan fingerprint density at radius 2 is 2.31 bits per heavy atom. The van der Waals surface area contributed by atoms with Crippen LogP contribution in [-0.2, 0) is 0 Å². The number of hydrogen-bond acceptors (Lipinski definition) is 2. The Morgan fingerprint density at radius 1 is 1.50 bits per heavy atom. The molecule has 0 unspecified atom stereocenters. The first-order valence-electron chi connectivity index (χ1n) is 6.02. The van der Waals surface area contributed by atoms with E-state index in [0.29, 0.717) is 6.04 Å². The molecule has 1 saturated heterocycles. The summed E-state index contributed by atoms with van der Waals surface area (Å²) < 4.78 is 0.921. The summed E-state index contributed by atoms with van der Waals surface area (Å²) in [6.45, 7) is 7.00. The number of rotatable bonds is 3. The van der Waals surface area contributed by atoms with E-state index >= 15 is 0 Å². The van der Waals surface area contributed by atoms with Gasteiger partial charge < -0.3 is 0 Å². The van der Waals surface area contributed by atoms with Crippen LogP contribution in [0.1, 0.15) is 38.3 Å². The zero-order chi connectivity index (χ0) is 11.5. The molecule has 0 spiro atoms. The van der Waals surface area contributed by atoms with Crippen molar-refractivity contribution in [2.75, 3.05) is 13.1 Å². The largest absolute Gasteiger partial charge is 0.296 e. The Bertz CT molecular complexity index is 334. The van der Waals surface area contributed by atoms with E-state index in [2.05, 4.69) is 45.7 Å². The van der Waals surface area contributed by atoms with Gasteiger partial charge in [0.1, 0.15) is 4.60 Å². The standard InChI is InChI=1S/C13H19BrN2/c1-10(2)9-16-7-3-4-12(16)11-5-6-13(14)15-8-11/h5-6,8,10,12H,3-4,7,9H2,1-2H3/t12-/m1/s1. The summed E-state index contributed by atoms with van der Waals surface area (Å²) in [5.41, 5.74) is 1.36. The molecule has 1 aromatic heterocycles. The van der Waals surface area contributed by atoms with Crippen molar-refractivity contribution in [1.82, 2.24) is 9.88 Å². The molecule has 1 aliphatic rings. The molecule has 16 heavy (non-hydrogen) atoms. The van der Waals surface area contributed by atoms with E-state index < -0.39 is 0 Å². The smallest absolute Gasteiger partial charge is 0.106 e. The quantitative estimate of drug-likeness (QED) is 0.787. The fraction of sp³-hybridized carbons (Fsp3) is 0.615. The number of halogens is 1. The third-order valence-electron chi connectivity index (χ3n) is 3.10. The van der Waals surface area contributed by atoms with E-state index in [1.807, 2.05) is 12.3 Å². The maximum absolute atomic E-state index is 4.33. The Kier molecular flexibility index (Phi) is 3.98. The highest BCUT2D eigenvalue weighted by atomic mass is 79.9. The third-order valence-corrected chi connectivity index (χ3v) is 3.57. The minimum atomic E-state index is 0.586. The lowest BCUT2D eigenvalue weighted by atomic mass is 10.1. The van der Waals surface area contributed by atoms with Crippen molar-refractivity contribution in [2.24, 2.45) is 5.92 Å². The van der Waals surface area contributed by atoms with Crippen molar-refractivity contribution < 1.29 is 0 Å². The maximum atomic E-state index is 4.33. The molecule has 1 fully saturated rings. The van der Waals surface area contributed by atoms with E-state index in [-0.39, 0.29) is 0 Å². The third kappa shape index (κ3) is 2.83. The van der Waals surface area contributed by atoms with Crippen LogP contribution in [0.4, 0.5) is 0 Å². The van der Waals surface area contributed by atoms with Gasteiger partial charge in [0.05, 0.1) is 0 Å². The summed E-state index contributed by atoms with van der Waals surface area (Å²) in [7, 11) is 0. The van der Waals surface area contributed by atoms with Gasteiger partial charge in [-0.1, -0.05) is 19.9 Å². The zero-order valence-corrected chi connectivity index (χ0v) is 11.6. The Labute approximate surface area is 106 Å². The highest BCUT2D eigenvalue weighted by Crippen LogP contribution is 2.32. The van der Waals surface area contributed by atoms with Crippen LogP contribution in [0, 0.1) is 5.92 Å². The monoisotopic (exact) mass is 282 g/mol. The van der Waals surface area contributed by atoms with Gasteiger partial charge in [0.25, 0.3) is 0 Å². The Morgan fingerprint density at radius 3 is 2.94 bits per heavy atom. The summed E-state index contributed by atoms with van der Waals surface area (Å²) in [4.78, 5) is 6.92. The van der Waals surface area contributed by atoms with Crippen molar-refractivity contribution in [3.05, 3.63) is 28.5 Å². The molecular weight excluding hydrogens is 264 g/mol. The van der Waals surface area contributed by atoms with Gasteiger partial charge in [-0.25, -0.2) is 4.98 Å². The summed E-state index contributed by atoms with van der Waals surface area (Å²) >= 11 is 3.38. The molecule has 3 heteroatoms. The van der Waals surface area contributed by atoms with Crippen LogP contribution in [0.3, 0.4) is 0 Å². The van der Waals surface area contributed by atoms with Gasteiger partial charge in [-0.3, -0.25) is 4.90 Å². The van der Waals surface area contributed by atoms with Gasteiger partial charge in [0.2, 0.25) is 0 Å². The van der Waals surface area contributed by atoms with E-state index in [0.717, 1.165) is 10.5 Å². The van der Waals surface area contributed by atoms with E-state index in [4.69, 9.17) is 0 Å². The molecule has 0 bridgehead atoms. The number of likely N-dealkylation sites (tertiary alicyclic amines) is 1. The Hall–Kier alpha value is -0.410. The fourth-order valence-electron chi connectivity index (χ4n) is 2.48. The number of pyridine rings is 1. The maximum Gasteiger partial charge on any atom is 0.106 e. The first-order chi connectivity index (χ1) is 7.66. The molecule has 1 aromatic rings. The first-order valence-corrected chi connectivity index (χ1v) is 6.81. The molecule has 2 heterocycles. The van der Waals surface area contributed by atoms with E-state index in [9.17, 15) is 0 Å². The van der Waals surface area contributed by atoms with Crippen LogP contribution in [0.5, 0.6) is 0 Å². The van der Waals surface area contributed by atoms with Gasteiger partial charge >= 0.3 is 0 Å². The minimum Gasteiger partial charge on any atom is -0.296 e. The van der Waals surface area contributed by atoms with E-state index in [1.165, 1.54) is 31.5 Å². The SMILES string of the molecule is CC(C)CN1CCC[C@@H]1c1ccc(Br)nc1. The van der Waals surface area contributed by atoms with Crippen molar-refractivity contribution in [3.63, 3.8) is 0 Å². The normalized spacial score (nSPS) is 21.9. The predicted octanol–water partition coefficient (Wildman–Crippen LogP) is 3.64. The molecular formula is C13H19BrN2. The van der Waals surface area contributed by atoms with Crippen LogP contribution in [-0.4, -0.2) is 23.0 Å². The van der Waals surface area contributed by atoms with Crippen molar-refractivity contribution in [3.8, 4) is 0 Å². The lowest BCUT2D eigenvalue weighted by Crippen LogP contribution is -2.27. The zero-order valence-electron chi connectivity index (χ0n) is 9.99. The lowest BCUT2D eigenvalue weighted by molar-refractivity contribution is 0.228. The van der Waals surface area contributed by atoms with Crippen LogP contribution in [0.25, 0.3) is 0 Å². The molecule has 0 N–H and O–H groups in total. The highest BCUT2D eigenvalue weighted by molar-refractivity contribution is 9.10. The lowest BCUT2D eigenvalue weighted by Gasteiger charge is -2.26. The minimum absolute atomic E-state index is 0.586. The number of aromatic nitrogens is 1. The highest BCUT2D eigenvalue weighted by Gasteiger charge is 2.26. The molecule has 0 aliphatic carbocycles. The summed E-state index contributed by atoms with van der Waals surface area (Å²) in [6.07, 6.45) is 4.59. The van der Waals surface area contributed by atoms with Crippen LogP contribution >= 0.6 is 15.9 Å². The van der Waals surface area contributed by atoms with Crippen molar-refractivity contribution >= 4 is 15.9 Å². The molecule has 1 aliphatic heterocycles. The van der Waals surface area contributed by atoms with Crippen molar-refractivity contribution in [2.45, 2.75) is 32.7 Å². The van der Waals surface area contributed by atoms with Crippen LogP contribution in [0.2, 0.25) is 0 Å². The van der Waals surface area contributed by atoms with Crippen molar-refractivity contribution in [1.29, 1.82) is 0 Å². The molecule has 88 valence electrons. The molecule has 1 atom stereocenters. The van der Waals surface area contributed by atoms with Crippen LogP contribution < -0.4 is 0 Å². The number of nitrogens with zero attached hydrogens (tertiary/aromatic N) is 2. The first kappa shape index (κ1) is 12.1. The van der Waals surface area contributed by atoms with Gasteiger partial charge in [-0.05, 0) is 52.9 Å². The second kappa shape index (κ2) is 5.28. The summed E-state index contributed by atoms with van der Waals surface area (Å²) in [5.74, 6) is 0.740. The molecule has 0 aromatic carbocycles. The summed E-state index contributed by atoms with van der Waals surface area (Å²) in [5, 5.41) is 0. The molecule has 0 amide bonds. The number of hydrogen-bond donors (Lipinski definition) is 0. The van der Waals surface area contributed by atoms with Gasteiger partial charge in [0.15, 0.2) is 0 Å². The van der Waals surface area contributed by atoms with Crippen LogP contribution in [0.15, 0.2) is 22.9 Å². The fourth-order valence-corrected chi connectivity index (χ4v) is 2.71. The molecule has 2 nitrogen and oxygen atoms in total. The molecule has 0 saturated carbocycles. The molecule has 0 radical (unpaired) electrons. The van der Waals surface area contributed by atoms with Gasteiger partial charge in [0, 0.05) is 18.8 Å². The second-order valence-electron chi connectivity index (χ2n) is 4.96. The van der Waals surface area contributed by atoms with Gasteiger partial charge in [-0.2, -0.15) is 0 Å². The average Bonchev–Trinajstić information content (AvgIpc) is 2.66.